The standard InChI is InChI=1S/C11H17N/c1-8-5-6-11(7-9(8)2)10(3)12-4/h5-7,10,12H,1-4H3/t10-/m1/s1. The molecular weight excluding hydrogens is 146 g/mol. The van der Waals surface area contributed by atoms with Crippen LogP contribution >= 0.6 is 0 Å². The molecule has 0 aliphatic heterocycles. The van der Waals surface area contributed by atoms with Crippen LogP contribution in [0.3, 0.4) is 0 Å². The fourth-order valence-electron chi connectivity index (χ4n) is 1.20. The minimum atomic E-state index is 0.448. The van der Waals surface area contributed by atoms with Crippen LogP contribution in [0.5, 0.6) is 0 Å². The lowest BCUT2D eigenvalue weighted by molar-refractivity contribution is 0.651. The third kappa shape index (κ3) is 1.86. The highest BCUT2D eigenvalue weighted by Crippen LogP contribution is 2.15. The zero-order valence-electron chi connectivity index (χ0n) is 8.31. The second-order valence-corrected chi connectivity index (χ2v) is 3.35. The predicted molar refractivity (Wildman–Crippen MR) is 53.4 cm³/mol. The minimum Gasteiger partial charge on any atom is -0.313 e. The van der Waals surface area contributed by atoms with Gasteiger partial charge in [-0.1, -0.05) is 18.2 Å². The van der Waals surface area contributed by atoms with E-state index in [1.165, 1.54) is 16.7 Å². The summed E-state index contributed by atoms with van der Waals surface area (Å²) in [7, 11) is 1.99. The summed E-state index contributed by atoms with van der Waals surface area (Å²) in [5.41, 5.74) is 4.09. The fourth-order valence-corrected chi connectivity index (χ4v) is 1.20. The van der Waals surface area contributed by atoms with Gasteiger partial charge in [-0.05, 0) is 44.5 Å². The Morgan fingerprint density at radius 2 is 1.83 bits per heavy atom. The summed E-state index contributed by atoms with van der Waals surface area (Å²) >= 11 is 0. The molecule has 1 heteroatoms. The maximum Gasteiger partial charge on any atom is 0.0289 e. The molecule has 0 saturated heterocycles. The molecular formula is C11H17N. The molecule has 0 amide bonds. The van der Waals surface area contributed by atoms with Crippen LogP contribution in [-0.2, 0) is 0 Å². The number of nitrogens with one attached hydrogen (secondary N) is 1. The first-order chi connectivity index (χ1) is 5.65. The molecule has 1 aromatic rings. The largest absolute Gasteiger partial charge is 0.313 e. The van der Waals surface area contributed by atoms with Crippen LogP contribution in [0, 0.1) is 13.8 Å². The Morgan fingerprint density at radius 1 is 1.17 bits per heavy atom. The van der Waals surface area contributed by atoms with E-state index in [4.69, 9.17) is 0 Å². The van der Waals surface area contributed by atoms with E-state index in [9.17, 15) is 0 Å². The van der Waals surface area contributed by atoms with Gasteiger partial charge in [0.1, 0.15) is 0 Å². The van der Waals surface area contributed by atoms with E-state index in [0.29, 0.717) is 6.04 Å². The highest BCUT2D eigenvalue weighted by molar-refractivity contribution is 5.31. The molecule has 0 saturated carbocycles. The molecule has 1 nitrogen and oxygen atoms in total. The molecule has 66 valence electrons. The van der Waals surface area contributed by atoms with Gasteiger partial charge in [0.15, 0.2) is 0 Å². The molecule has 0 bridgehead atoms. The molecule has 0 unspecified atom stereocenters. The van der Waals surface area contributed by atoms with Crippen LogP contribution in [0.1, 0.15) is 29.7 Å². The monoisotopic (exact) mass is 163 g/mol. The number of hydrogen-bond donors (Lipinski definition) is 1. The van der Waals surface area contributed by atoms with Crippen molar-refractivity contribution >= 4 is 0 Å². The van der Waals surface area contributed by atoms with E-state index in [-0.39, 0.29) is 0 Å². The molecule has 0 aromatic heterocycles. The van der Waals surface area contributed by atoms with Crippen LogP contribution in [0.2, 0.25) is 0 Å². The summed E-state index contributed by atoms with van der Waals surface area (Å²) in [6.07, 6.45) is 0. The van der Waals surface area contributed by atoms with Gasteiger partial charge < -0.3 is 5.32 Å². The Morgan fingerprint density at radius 3 is 2.33 bits per heavy atom. The quantitative estimate of drug-likeness (QED) is 0.706. The lowest BCUT2D eigenvalue weighted by atomic mass is 10.0. The number of rotatable bonds is 2. The number of benzene rings is 1. The van der Waals surface area contributed by atoms with Crippen molar-refractivity contribution < 1.29 is 0 Å². The van der Waals surface area contributed by atoms with E-state index in [2.05, 4.69) is 44.3 Å². The van der Waals surface area contributed by atoms with Crippen molar-refractivity contribution in [1.29, 1.82) is 0 Å². The molecule has 12 heavy (non-hydrogen) atoms. The topological polar surface area (TPSA) is 12.0 Å². The van der Waals surface area contributed by atoms with Gasteiger partial charge in [0, 0.05) is 6.04 Å². The Bertz CT molecular complexity index is 266. The number of aryl methyl sites for hydroxylation is 2. The summed E-state index contributed by atoms with van der Waals surface area (Å²) in [6.45, 7) is 6.47. The van der Waals surface area contributed by atoms with E-state index < -0.39 is 0 Å². The molecule has 0 aliphatic carbocycles. The summed E-state index contributed by atoms with van der Waals surface area (Å²) in [6, 6.07) is 7.06. The highest BCUT2D eigenvalue weighted by atomic mass is 14.8. The van der Waals surface area contributed by atoms with Gasteiger partial charge in [0.05, 0.1) is 0 Å². The van der Waals surface area contributed by atoms with Gasteiger partial charge in [-0.3, -0.25) is 0 Å². The zero-order chi connectivity index (χ0) is 9.14. The summed E-state index contributed by atoms with van der Waals surface area (Å²) in [5, 5.41) is 3.23. The first-order valence-corrected chi connectivity index (χ1v) is 4.39. The average molecular weight is 163 g/mol. The van der Waals surface area contributed by atoms with Crippen molar-refractivity contribution in [3.63, 3.8) is 0 Å². The average Bonchev–Trinajstić information content (AvgIpc) is 2.08. The minimum absolute atomic E-state index is 0.448. The summed E-state index contributed by atoms with van der Waals surface area (Å²) in [4.78, 5) is 0. The lowest BCUT2D eigenvalue weighted by Crippen LogP contribution is -2.12. The molecule has 0 fully saturated rings. The Kier molecular flexibility index (Phi) is 2.88. The molecule has 0 aliphatic rings. The molecule has 1 N–H and O–H groups in total. The molecule has 0 radical (unpaired) electrons. The first-order valence-electron chi connectivity index (χ1n) is 4.39. The van der Waals surface area contributed by atoms with Gasteiger partial charge in [-0.15, -0.1) is 0 Å². The van der Waals surface area contributed by atoms with E-state index in [1.54, 1.807) is 0 Å². The Balaban J connectivity index is 2.96. The second kappa shape index (κ2) is 3.72. The second-order valence-electron chi connectivity index (χ2n) is 3.35. The van der Waals surface area contributed by atoms with Crippen molar-refractivity contribution in [3.05, 3.63) is 34.9 Å². The molecule has 0 heterocycles. The van der Waals surface area contributed by atoms with Crippen molar-refractivity contribution in [2.75, 3.05) is 7.05 Å². The predicted octanol–water partition coefficient (Wildman–Crippen LogP) is 2.58. The SMILES string of the molecule is CN[C@H](C)c1ccc(C)c(C)c1. The van der Waals surface area contributed by atoms with Crippen LogP contribution in [0.25, 0.3) is 0 Å². The molecule has 1 rings (SSSR count). The summed E-state index contributed by atoms with van der Waals surface area (Å²) in [5.74, 6) is 0. The van der Waals surface area contributed by atoms with E-state index >= 15 is 0 Å². The van der Waals surface area contributed by atoms with Crippen LogP contribution in [-0.4, -0.2) is 7.05 Å². The highest BCUT2D eigenvalue weighted by Gasteiger charge is 2.02. The zero-order valence-corrected chi connectivity index (χ0v) is 8.31. The fraction of sp³-hybridized carbons (Fsp3) is 0.455. The third-order valence-corrected chi connectivity index (χ3v) is 2.46. The maximum absolute atomic E-state index is 3.23. The summed E-state index contributed by atoms with van der Waals surface area (Å²) < 4.78 is 0. The van der Waals surface area contributed by atoms with Crippen LogP contribution in [0.4, 0.5) is 0 Å². The first kappa shape index (κ1) is 9.27. The van der Waals surface area contributed by atoms with E-state index in [0.717, 1.165) is 0 Å². The smallest absolute Gasteiger partial charge is 0.0289 e. The normalized spacial score (nSPS) is 13.0. The van der Waals surface area contributed by atoms with Crippen molar-refractivity contribution in [2.45, 2.75) is 26.8 Å². The van der Waals surface area contributed by atoms with Gasteiger partial charge in [-0.2, -0.15) is 0 Å². The van der Waals surface area contributed by atoms with Crippen molar-refractivity contribution in [1.82, 2.24) is 5.32 Å². The van der Waals surface area contributed by atoms with Gasteiger partial charge in [-0.25, -0.2) is 0 Å². The maximum atomic E-state index is 3.23. The molecule has 0 spiro atoms. The molecule has 1 aromatic carbocycles. The lowest BCUT2D eigenvalue weighted by Gasteiger charge is -2.11. The van der Waals surface area contributed by atoms with Crippen molar-refractivity contribution in [3.8, 4) is 0 Å². The van der Waals surface area contributed by atoms with Crippen LogP contribution in [0.15, 0.2) is 18.2 Å². The molecule has 1 atom stereocenters. The third-order valence-electron chi connectivity index (χ3n) is 2.46. The van der Waals surface area contributed by atoms with Crippen LogP contribution < -0.4 is 5.32 Å². The van der Waals surface area contributed by atoms with Gasteiger partial charge in [0.25, 0.3) is 0 Å². The van der Waals surface area contributed by atoms with Crippen molar-refractivity contribution in [2.24, 2.45) is 0 Å². The van der Waals surface area contributed by atoms with Gasteiger partial charge >= 0.3 is 0 Å². The van der Waals surface area contributed by atoms with Gasteiger partial charge in [0.2, 0.25) is 0 Å². The Labute approximate surface area is 74.8 Å². The number of hydrogen-bond acceptors (Lipinski definition) is 1. The van der Waals surface area contributed by atoms with E-state index in [1.807, 2.05) is 7.05 Å². The Hall–Kier alpha value is -0.820.